The van der Waals surface area contributed by atoms with Gasteiger partial charge in [-0.3, -0.25) is 0 Å². The number of fused-ring (bicyclic) bond motifs is 7. The maximum absolute atomic E-state index is 3.24. The molecule has 544 valence electrons. The molecule has 1 aromatic heterocycles. The molecule has 3 heterocycles. The molecule has 0 bridgehead atoms. The van der Waals surface area contributed by atoms with Crippen molar-refractivity contribution in [2.45, 2.75) is 78.6 Å². The zero-order chi connectivity index (χ0) is 76.9. The van der Waals surface area contributed by atoms with Crippen molar-refractivity contribution >= 4 is 108 Å². The summed E-state index contributed by atoms with van der Waals surface area (Å²) in [7, 11) is -3.24. The molecule has 0 atom stereocenters. The lowest BCUT2D eigenvalue weighted by Gasteiger charge is -2.47. The van der Waals surface area contributed by atoms with E-state index in [0.29, 0.717) is 0 Å². The van der Waals surface area contributed by atoms with Gasteiger partial charge in [0.2, 0.25) is 0 Å². The van der Waals surface area contributed by atoms with Gasteiger partial charge in [0.1, 0.15) is 0 Å². The zero-order valence-corrected chi connectivity index (χ0v) is 66.8. The summed E-state index contributed by atoms with van der Waals surface area (Å²) >= 11 is 0. The predicted octanol–water partition coefficient (Wildman–Crippen LogP) is 24.1. The van der Waals surface area contributed by atoms with Crippen LogP contribution in [0.5, 0.6) is 0 Å². The van der Waals surface area contributed by atoms with Crippen molar-refractivity contribution in [1.29, 1.82) is 0 Å². The summed E-state index contributed by atoms with van der Waals surface area (Å²) in [5.41, 5.74) is 30.9. The molecule has 17 aromatic rings. The van der Waals surface area contributed by atoms with E-state index >= 15 is 0 Å². The Morgan fingerprint density at radius 1 is 0.239 bits per heavy atom. The van der Waals surface area contributed by atoms with Crippen molar-refractivity contribution < 1.29 is 0 Å². The van der Waals surface area contributed by atoms with Crippen molar-refractivity contribution in [3.63, 3.8) is 0 Å². The van der Waals surface area contributed by atoms with Crippen molar-refractivity contribution in [2.24, 2.45) is 0 Å². The molecule has 0 aliphatic carbocycles. The first kappa shape index (κ1) is 70.6. The first-order chi connectivity index (χ1) is 55.0. The van der Waals surface area contributed by atoms with Crippen LogP contribution >= 0.6 is 0 Å². The van der Waals surface area contributed by atoms with Crippen LogP contribution in [-0.4, -0.2) is 19.4 Å². The Morgan fingerprint density at radius 2 is 0.575 bits per heavy atom. The van der Waals surface area contributed by atoms with Gasteiger partial charge in [-0.15, -0.1) is 0 Å². The van der Waals surface area contributed by atoms with E-state index in [9.17, 15) is 0 Å². The standard InChI is InChI=1S/C108H90BN3Si/c1-106(2,3)81-55-60-97-93(67-81)94-68-82(107(4,5)6)56-61-98(94)110(97)84-57-59-95-100(71-84)112(105-91(77-45-27-14-28-46-77)65-80(74-39-21-11-22-40-74)66-92(105)78-47-29-15-30-48-78)102-70-83(108(7,8)9)69-101-103(102)109(95)96-72-88(113(85-49-31-16-32-50-85,86-51-33-17-34-52-86)87-53-35-18-36-54-87)58-62-99(96)111(101)104-89(75-41-23-12-24-42-75)63-79(73-37-19-10-20-38-73)64-90(104)76-43-25-13-26-44-76/h10-72H,1-9H3. The molecule has 0 spiro atoms. The van der Waals surface area contributed by atoms with Crippen LogP contribution in [0.2, 0.25) is 0 Å². The van der Waals surface area contributed by atoms with Crippen molar-refractivity contribution in [2.75, 3.05) is 9.80 Å². The monoisotopic (exact) mass is 1470 g/mol. The van der Waals surface area contributed by atoms with E-state index in [2.05, 4.69) is 459 Å². The van der Waals surface area contributed by atoms with Crippen LogP contribution in [-0.2, 0) is 16.2 Å². The van der Waals surface area contributed by atoms with Gasteiger partial charge in [0.15, 0.2) is 8.07 Å². The fourth-order valence-electron chi connectivity index (χ4n) is 18.3. The molecule has 0 saturated heterocycles. The Hall–Kier alpha value is -12.8. The SMILES string of the molecule is CC(C)(C)c1cc2c3c(c1)N(c1c(-c4ccccc4)cc(-c4ccccc4)cc1-c1ccccc1)c1cc(-n4c5ccc(C(C)(C)C)cc5c5cc(C(C)(C)C)ccc54)ccc1B3c1cc([Si](c3ccccc3)(c3ccccc3)c3ccccc3)ccc1N2c1c(-c2ccccc2)cc(-c2ccccc2)cc1-c1ccccc1. The topological polar surface area (TPSA) is 11.4 Å². The van der Waals surface area contributed by atoms with Crippen LogP contribution in [0.4, 0.5) is 34.1 Å². The average Bonchev–Trinajstić information content (AvgIpc) is 0.857. The Kier molecular flexibility index (Phi) is 17.4. The summed E-state index contributed by atoms with van der Waals surface area (Å²) in [4.78, 5) is 5.49. The Morgan fingerprint density at radius 3 is 0.929 bits per heavy atom. The number of rotatable bonds is 13. The highest BCUT2D eigenvalue weighted by atomic mass is 28.3. The van der Waals surface area contributed by atoms with Gasteiger partial charge in [0.25, 0.3) is 6.71 Å². The lowest BCUT2D eigenvalue weighted by molar-refractivity contribution is 0.590. The van der Waals surface area contributed by atoms with Gasteiger partial charge in [-0.2, -0.15) is 0 Å². The molecule has 16 aromatic carbocycles. The fraction of sp³-hybridized carbons (Fsp3) is 0.111. The van der Waals surface area contributed by atoms with Gasteiger partial charge in [0, 0.05) is 61.5 Å². The highest BCUT2D eigenvalue weighted by molar-refractivity contribution is 7.20. The number of anilines is 6. The predicted molar refractivity (Wildman–Crippen MR) is 487 cm³/mol. The van der Waals surface area contributed by atoms with Gasteiger partial charge in [-0.25, -0.2) is 0 Å². The van der Waals surface area contributed by atoms with Crippen molar-refractivity contribution in [3.05, 3.63) is 399 Å². The summed E-state index contributed by atoms with van der Waals surface area (Å²) < 4.78 is 2.58. The third kappa shape index (κ3) is 12.2. The average molecular weight is 1470 g/mol. The number of hydrogen-bond donors (Lipinski definition) is 0. The van der Waals surface area contributed by atoms with Gasteiger partial charge in [-0.1, -0.05) is 366 Å². The molecule has 0 saturated carbocycles. The number of hydrogen-bond acceptors (Lipinski definition) is 2. The number of aromatic nitrogens is 1. The molecule has 19 rings (SSSR count). The minimum absolute atomic E-state index is 0.0767. The highest BCUT2D eigenvalue weighted by Crippen LogP contribution is 2.56. The van der Waals surface area contributed by atoms with Gasteiger partial charge in [0.05, 0.1) is 22.4 Å². The summed E-state index contributed by atoms with van der Waals surface area (Å²) in [6.45, 7) is 20.9. The molecule has 0 radical (unpaired) electrons. The van der Waals surface area contributed by atoms with Gasteiger partial charge < -0.3 is 14.4 Å². The van der Waals surface area contributed by atoms with E-state index in [1.54, 1.807) is 0 Å². The lowest BCUT2D eigenvalue weighted by Crippen LogP contribution is -2.75. The van der Waals surface area contributed by atoms with E-state index < -0.39 is 8.07 Å². The van der Waals surface area contributed by atoms with Crippen molar-refractivity contribution in [1.82, 2.24) is 4.57 Å². The van der Waals surface area contributed by atoms with Crippen LogP contribution in [0, 0.1) is 0 Å². The second-order valence-electron chi connectivity index (χ2n) is 34.0. The molecule has 3 nitrogen and oxygen atoms in total. The molecule has 2 aliphatic rings. The minimum Gasteiger partial charge on any atom is -0.310 e. The van der Waals surface area contributed by atoms with Crippen LogP contribution in [0.1, 0.15) is 79.0 Å². The smallest absolute Gasteiger partial charge is 0.252 e. The third-order valence-corrected chi connectivity index (χ3v) is 28.7. The fourth-order valence-corrected chi connectivity index (χ4v) is 23.1. The van der Waals surface area contributed by atoms with Crippen LogP contribution in [0.15, 0.2) is 382 Å². The Balaban J connectivity index is 1.02. The molecule has 2 aliphatic heterocycles. The first-order valence-corrected chi connectivity index (χ1v) is 42.0. The molecule has 0 N–H and O–H groups in total. The third-order valence-electron chi connectivity index (χ3n) is 23.9. The van der Waals surface area contributed by atoms with Gasteiger partial charge >= 0.3 is 0 Å². The molecule has 0 fully saturated rings. The summed E-state index contributed by atoms with van der Waals surface area (Å²) in [6, 6.07) is 146. The normalized spacial score (nSPS) is 12.8. The largest absolute Gasteiger partial charge is 0.310 e. The second kappa shape index (κ2) is 27.9. The number of nitrogens with zero attached hydrogens (tertiary/aromatic N) is 3. The van der Waals surface area contributed by atoms with E-state index in [-0.39, 0.29) is 23.0 Å². The van der Waals surface area contributed by atoms with Crippen molar-refractivity contribution in [3.8, 4) is 72.4 Å². The van der Waals surface area contributed by atoms with E-state index in [4.69, 9.17) is 0 Å². The van der Waals surface area contributed by atoms with E-state index in [1.165, 1.54) is 75.6 Å². The quantitative estimate of drug-likeness (QED) is 0.0842. The molecular weight excluding hydrogens is 1380 g/mol. The first-order valence-electron chi connectivity index (χ1n) is 40.0. The van der Waals surface area contributed by atoms with E-state index in [1.807, 2.05) is 0 Å². The highest BCUT2D eigenvalue weighted by Gasteiger charge is 2.49. The maximum atomic E-state index is 2.75. The van der Waals surface area contributed by atoms with Crippen LogP contribution in [0.3, 0.4) is 0 Å². The molecule has 0 unspecified atom stereocenters. The molecule has 0 amide bonds. The molecule has 113 heavy (non-hydrogen) atoms. The number of benzene rings is 16. The molecule has 5 heteroatoms. The lowest BCUT2D eigenvalue weighted by atomic mass is 9.33. The summed E-state index contributed by atoms with van der Waals surface area (Å²) in [5, 5.41) is 7.80. The Bertz CT molecular complexity index is 6150. The molecular formula is C108H90BN3Si. The summed E-state index contributed by atoms with van der Waals surface area (Å²) in [6.07, 6.45) is 0. The van der Waals surface area contributed by atoms with Crippen LogP contribution in [0.25, 0.3) is 94.3 Å². The maximum Gasteiger partial charge on any atom is 0.252 e. The second-order valence-corrected chi connectivity index (χ2v) is 37.8. The summed E-state index contributed by atoms with van der Waals surface area (Å²) in [5.74, 6) is 0. The van der Waals surface area contributed by atoms with Gasteiger partial charge in [-0.05, 0) is 193 Å². The van der Waals surface area contributed by atoms with Crippen LogP contribution < -0.4 is 46.9 Å². The van der Waals surface area contributed by atoms with E-state index in [0.717, 1.165) is 107 Å². The Labute approximate surface area is 667 Å². The minimum atomic E-state index is -3.24. The zero-order valence-electron chi connectivity index (χ0n) is 65.8.